The number of hydrogen-bond donors (Lipinski definition) is 2. The van der Waals surface area contributed by atoms with E-state index in [9.17, 15) is 4.79 Å². The first-order valence-electron chi connectivity index (χ1n) is 6.71. The molecule has 0 unspecified atom stereocenters. The Morgan fingerprint density at radius 2 is 2.14 bits per heavy atom. The summed E-state index contributed by atoms with van der Waals surface area (Å²) < 4.78 is 0. The number of carbonyl (C=O) groups is 1. The van der Waals surface area contributed by atoms with Gasteiger partial charge in [0.1, 0.15) is 5.52 Å². The Labute approximate surface area is 129 Å². The normalized spacial score (nSPS) is 14.2. The summed E-state index contributed by atoms with van der Waals surface area (Å²) in [4.78, 5) is 20.7. The highest BCUT2D eigenvalue weighted by atomic mass is 35.5. The summed E-state index contributed by atoms with van der Waals surface area (Å²) in [6, 6.07) is 5.47. The van der Waals surface area contributed by atoms with E-state index in [-0.39, 0.29) is 18.3 Å². The van der Waals surface area contributed by atoms with Crippen molar-refractivity contribution in [2.75, 3.05) is 19.6 Å². The summed E-state index contributed by atoms with van der Waals surface area (Å²) >= 11 is 0. The molecule has 0 atom stereocenters. The number of halogens is 1. The van der Waals surface area contributed by atoms with Crippen LogP contribution in [0.1, 0.15) is 16.8 Å². The molecule has 3 rings (SSSR count). The van der Waals surface area contributed by atoms with Crippen LogP contribution >= 0.6 is 12.4 Å². The summed E-state index contributed by atoms with van der Waals surface area (Å²) in [6.07, 6.45) is 6.35. The molecule has 0 saturated carbocycles. The number of nitrogens with zero attached hydrogens (tertiary/aromatic N) is 2. The van der Waals surface area contributed by atoms with Gasteiger partial charge in [-0.3, -0.25) is 14.8 Å². The Balaban J connectivity index is 0.00000161. The van der Waals surface area contributed by atoms with E-state index in [0.29, 0.717) is 17.6 Å². The van der Waals surface area contributed by atoms with Gasteiger partial charge in [0.15, 0.2) is 0 Å². The number of benzene rings is 1. The third-order valence-electron chi connectivity index (χ3n) is 3.38. The van der Waals surface area contributed by atoms with Crippen molar-refractivity contribution in [1.82, 2.24) is 20.6 Å². The average Bonchev–Trinajstić information content (AvgIpc) is 2.53. The molecular weight excluding hydrogens is 288 g/mol. The van der Waals surface area contributed by atoms with Gasteiger partial charge >= 0.3 is 0 Å². The molecule has 110 valence electrons. The van der Waals surface area contributed by atoms with Gasteiger partial charge in [0.05, 0.1) is 11.1 Å². The molecule has 0 radical (unpaired) electrons. The zero-order valence-electron chi connectivity index (χ0n) is 11.5. The molecule has 1 aliphatic rings. The maximum absolute atomic E-state index is 12.3. The number of aromatic nitrogens is 2. The highest BCUT2D eigenvalue weighted by Crippen LogP contribution is 2.13. The molecule has 0 spiro atoms. The molecule has 0 aliphatic carbocycles. The van der Waals surface area contributed by atoms with Crippen molar-refractivity contribution in [3.8, 4) is 0 Å². The minimum Gasteiger partial charge on any atom is -0.348 e. The van der Waals surface area contributed by atoms with Crippen LogP contribution in [0, 0.1) is 0 Å². The van der Waals surface area contributed by atoms with Crippen molar-refractivity contribution in [2.24, 2.45) is 0 Å². The molecule has 0 saturated heterocycles. The Morgan fingerprint density at radius 1 is 1.29 bits per heavy atom. The van der Waals surface area contributed by atoms with E-state index in [1.54, 1.807) is 18.5 Å². The molecular formula is C15H17ClN4O. The van der Waals surface area contributed by atoms with E-state index < -0.39 is 0 Å². The number of amides is 1. The van der Waals surface area contributed by atoms with Gasteiger partial charge in [0, 0.05) is 25.5 Å². The lowest BCUT2D eigenvalue weighted by Gasteiger charge is -2.14. The van der Waals surface area contributed by atoms with Crippen molar-refractivity contribution in [3.05, 3.63) is 47.8 Å². The van der Waals surface area contributed by atoms with Crippen LogP contribution in [0.3, 0.4) is 0 Å². The minimum absolute atomic E-state index is 0. The molecule has 1 aliphatic heterocycles. The number of fused-ring (bicyclic) bond motifs is 1. The van der Waals surface area contributed by atoms with Crippen LogP contribution in [0.4, 0.5) is 0 Å². The Kier molecular flexibility index (Phi) is 5.25. The molecule has 1 aromatic carbocycles. The fraction of sp³-hybridized carbons (Fsp3) is 0.267. The average molecular weight is 305 g/mol. The maximum atomic E-state index is 12.3. The molecule has 21 heavy (non-hydrogen) atoms. The van der Waals surface area contributed by atoms with Crippen LogP contribution in [0.2, 0.25) is 0 Å². The van der Waals surface area contributed by atoms with Crippen LogP contribution < -0.4 is 10.6 Å². The molecule has 2 N–H and O–H groups in total. The van der Waals surface area contributed by atoms with Gasteiger partial charge in [0.25, 0.3) is 5.91 Å². The summed E-state index contributed by atoms with van der Waals surface area (Å²) in [6.45, 7) is 2.45. The fourth-order valence-electron chi connectivity index (χ4n) is 2.30. The number of rotatable bonds is 3. The lowest BCUT2D eigenvalue weighted by Crippen LogP contribution is -2.29. The monoisotopic (exact) mass is 304 g/mol. The third-order valence-corrected chi connectivity index (χ3v) is 3.38. The van der Waals surface area contributed by atoms with E-state index in [1.807, 2.05) is 12.1 Å². The first kappa shape index (κ1) is 15.4. The van der Waals surface area contributed by atoms with E-state index >= 15 is 0 Å². The van der Waals surface area contributed by atoms with Crippen molar-refractivity contribution in [2.45, 2.75) is 6.42 Å². The number of carbonyl (C=O) groups excluding carboxylic acids is 1. The van der Waals surface area contributed by atoms with Gasteiger partial charge in [-0.2, -0.15) is 0 Å². The second-order valence-corrected chi connectivity index (χ2v) is 4.73. The quantitative estimate of drug-likeness (QED) is 0.847. The van der Waals surface area contributed by atoms with Gasteiger partial charge in [0.2, 0.25) is 0 Å². The number of hydrogen-bond acceptors (Lipinski definition) is 4. The summed E-state index contributed by atoms with van der Waals surface area (Å²) in [5.41, 5.74) is 3.22. The first-order valence-corrected chi connectivity index (χ1v) is 6.71. The Bertz CT molecular complexity index is 666. The minimum atomic E-state index is -0.101. The van der Waals surface area contributed by atoms with Crippen LogP contribution in [0.5, 0.6) is 0 Å². The largest absolute Gasteiger partial charge is 0.348 e. The third kappa shape index (κ3) is 3.56. The van der Waals surface area contributed by atoms with Crippen LogP contribution in [0.25, 0.3) is 11.0 Å². The van der Waals surface area contributed by atoms with Gasteiger partial charge in [-0.25, -0.2) is 0 Å². The van der Waals surface area contributed by atoms with E-state index in [1.165, 1.54) is 5.57 Å². The molecule has 6 heteroatoms. The standard InChI is InChI=1S/C15H16N4O.ClH/c20-15(19-10-11-4-6-16-7-5-11)12-2-1-3-13-14(12)18-9-8-17-13;/h1-4,8-9,16H,5-7,10H2,(H,19,20);1H. The van der Waals surface area contributed by atoms with E-state index in [4.69, 9.17) is 0 Å². The zero-order chi connectivity index (χ0) is 13.8. The SMILES string of the molecule is Cl.O=C(NCC1=CCNCC1)c1cccc2nccnc12. The molecule has 0 fully saturated rings. The van der Waals surface area contributed by atoms with Crippen molar-refractivity contribution in [3.63, 3.8) is 0 Å². The molecule has 2 heterocycles. The fourth-order valence-corrected chi connectivity index (χ4v) is 2.30. The van der Waals surface area contributed by atoms with Crippen molar-refractivity contribution < 1.29 is 4.79 Å². The second kappa shape index (κ2) is 7.15. The molecule has 2 aromatic rings. The predicted octanol–water partition coefficient (Wildman–Crippen LogP) is 1.70. The highest BCUT2D eigenvalue weighted by molar-refractivity contribution is 6.04. The molecule has 1 aromatic heterocycles. The number of nitrogens with one attached hydrogen (secondary N) is 2. The smallest absolute Gasteiger partial charge is 0.253 e. The molecule has 1 amide bonds. The van der Waals surface area contributed by atoms with Crippen molar-refractivity contribution >= 4 is 29.3 Å². The van der Waals surface area contributed by atoms with E-state index in [2.05, 4.69) is 26.7 Å². The summed E-state index contributed by atoms with van der Waals surface area (Å²) in [5.74, 6) is -0.101. The summed E-state index contributed by atoms with van der Waals surface area (Å²) in [5, 5.41) is 6.21. The maximum Gasteiger partial charge on any atom is 0.253 e. The van der Waals surface area contributed by atoms with Crippen molar-refractivity contribution in [1.29, 1.82) is 0 Å². The van der Waals surface area contributed by atoms with E-state index in [0.717, 1.165) is 25.0 Å². The zero-order valence-corrected chi connectivity index (χ0v) is 12.3. The van der Waals surface area contributed by atoms with Gasteiger partial charge in [-0.05, 0) is 25.1 Å². The Morgan fingerprint density at radius 3 is 2.95 bits per heavy atom. The van der Waals surface area contributed by atoms with Crippen LogP contribution in [0.15, 0.2) is 42.2 Å². The van der Waals surface area contributed by atoms with Crippen LogP contribution in [-0.2, 0) is 0 Å². The number of para-hydroxylation sites is 1. The van der Waals surface area contributed by atoms with Crippen LogP contribution in [-0.4, -0.2) is 35.5 Å². The predicted molar refractivity (Wildman–Crippen MR) is 84.7 cm³/mol. The Hall–Kier alpha value is -1.98. The molecule has 0 bridgehead atoms. The molecule has 5 nitrogen and oxygen atoms in total. The van der Waals surface area contributed by atoms with Gasteiger partial charge < -0.3 is 10.6 Å². The first-order chi connectivity index (χ1) is 9.84. The second-order valence-electron chi connectivity index (χ2n) is 4.73. The lowest BCUT2D eigenvalue weighted by atomic mass is 10.1. The highest BCUT2D eigenvalue weighted by Gasteiger charge is 2.12. The topological polar surface area (TPSA) is 66.9 Å². The van der Waals surface area contributed by atoms with Gasteiger partial charge in [-0.15, -0.1) is 12.4 Å². The van der Waals surface area contributed by atoms with Gasteiger partial charge in [-0.1, -0.05) is 17.7 Å². The summed E-state index contributed by atoms with van der Waals surface area (Å²) in [7, 11) is 0. The lowest BCUT2D eigenvalue weighted by molar-refractivity contribution is 0.0958.